The molecule has 0 atom stereocenters. The first-order valence-electron chi connectivity index (χ1n) is 8.12. The van der Waals surface area contributed by atoms with Gasteiger partial charge in [-0.25, -0.2) is 9.78 Å². The van der Waals surface area contributed by atoms with E-state index in [1.807, 2.05) is 56.3 Å². The molecule has 1 aromatic heterocycles. The molecule has 0 unspecified atom stereocenters. The van der Waals surface area contributed by atoms with Crippen LogP contribution in [0, 0.1) is 0 Å². The minimum absolute atomic E-state index is 0.263. The highest BCUT2D eigenvalue weighted by Crippen LogP contribution is 2.33. The fraction of sp³-hybridized carbons (Fsp3) is 0.211. The number of aryl methyl sites for hydroxylation is 1. The molecule has 0 spiro atoms. The van der Waals surface area contributed by atoms with Crippen molar-refractivity contribution in [3.8, 4) is 11.3 Å². The van der Waals surface area contributed by atoms with Gasteiger partial charge in [-0.1, -0.05) is 36.4 Å². The summed E-state index contributed by atoms with van der Waals surface area (Å²) in [6, 6.07) is 13.8. The highest BCUT2D eigenvalue weighted by atomic mass is 16.2. The Kier molecular flexibility index (Phi) is 3.23. The minimum atomic E-state index is -0.297. The third-order valence-corrected chi connectivity index (χ3v) is 4.53. The summed E-state index contributed by atoms with van der Waals surface area (Å²) in [5, 5.41) is 2.54. The van der Waals surface area contributed by atoms with Gasteiger partial charge in [-0.2, -0.15) is 0 Å². The van der Waals surface area contributed by atoms with E-state index in [4.69, 9.17) is 0 Å². The van der Waals surface area contributed by atoms with Gasteiger partial charge in [-0.15, -0.1) is 0 Å². The predicted octanol–water partition coefficient (Wildman–Crippen LogP) is 2.86. The van der Waals surface area contributed by atoms with Gasteiger partial charge in [-0.3, -0.25) is 13.9 Å². The third kappa shape index (κ3) is 1.84. The van der Waals surface area contributed by atoms with Crippen LogP contribution in [0.2, 0.25) is 0 Å². The summed E-state index contributed by atoms with van der Waals surface area (Å²) in [4.78, 5) is 30.2. The Labute approximate surface area is 138 Å². The monoisotopic (exact) mass is 319 g/mol. The van der Waals surface area contributed by atoms with Gasteiger partial charge in [0.15, 0.2) is 5.65 Å². The Morgan fingerprint density at radius 3 is 2.38 bits per heavy atom. The van der Waals surface area contributed by atoms with Crippen molar-refractivity contribution in [1.82, 2.24) is 14.1 Å². The fourth-order valence-electron chi connectivity index (χ4n) is 3.39. The van der Waals surface area contributed by atoms with Crippen LogP contribution >= 0.6 is 0 Å². The zero-order valence-electron chi connectivity index (χ0n) is 13.6. The van der Waals surface area contributed by atoms with E-state index in [2.05, 4.69) is 4.98 Å². The first-order valence-corrected chi connectivity index (χ1v) is 8.12. The Bertz CT molecular complexity index is 1170. The van der Waals surface area contributed by atoms with Crippen LogP contribution < -0.4 is 11.2 Å². The molecule has 0 saturated heterocycles. The van der Waals surface area contributed by atoms with Crippen molar-refractivity contribution in [3.05, 3.63) is 63.3 Å². The molecular formula is C19H17N3O2. The summed E-state index contributed by atoms with van der Waals surface area (Å²) >= 11 is 0. The van der Waals surface area contributed by atoms with Crippen LogP contribution in [-0.4, -0.2) is 14.1 Å². The van der Waals surface area contributed by atoms with E-state index in [0.29, 0.717) is 24.1 Å². The van der Waals surface area contributed by atoms with E-state index in [0.717, 1.165) is 22.0 Å². The van der Waals surface area contributed by atoms with Crippen molar-refractivity contribution in [2.24, 2.45) is 0 Å². The maximum Gasteiger partial charge on any atom is 0.332 e. The lowest BCUT2D eigenvalue weighted by Crippen LogP contribution is -2.39. The molecule has 1 aromatic carbocycles. The second-order valence-corrected chi connectivity index (χ2v) is 5.76. The molecule has 120 valence electrons. The average Bonchev–Trinajstić information content (AvgIpc) is 2.86. The highest BCUT2D eigenvalue weighted by Gasteiger charge is 2.22. The quantitative estimate of drug-likeness (QED) is 0.571. The van der Waals surface area contributed by atoms with Crippen LogP contribution in [0.15, 0.2) is 52.1 Å². The minimum Gasteiger partial charge on any atom is -0.278 e. The summed E-state index contributed by atoms with van der Waals surface area (Å²) in [5.41, 5.74) is 1.47. The lowest BCUT2D eigenvalue weighted by Gasteiger charge is -2.08. The van der Waals surface area contributed by atoms with Crippen LogP contribution in [0.5, 0.6) is 0 Å². The summed E-state index contributed by atoms with van der Waals surface area (Å²) in [6.45, 7) is 4.52. The van der Waals surface area contributed by atoms with Crippen molar-refractivity contribution < 1.29 is 0 Å². The highest BCUT2D eigenvalue weighted by molar-refractivity contribution is 6.08. The largest absolute Gasteiger partial charge is 0.332 e. The Hall–Kier alpha value is -2.95. The molecule has 0 amide bonds. The van der Waals surface area contributed by atoms with Gasteiger partial charge in [0, 0.05) is 18.7 Å². The predicted molar refractivity (Wildman–Crippen MR) is 95.7 cm³/mol. The molecule has 0 N–H and O–H groups in total. The molecule has 2 aliphatic rings. The number of rotatable bonds is 2. The zero-order valence-corrected chi connectivity index (χ0v) is 13.6. The molecule has 0 radical (unpaired) electrons. The summed E-state index contributed by atoms with van der Waals surface area (Å²) in [6.07, 6.45) is 0. The van der Waals surface area contributed by atoms with Crippen LogP contribution in [0.25, 0.3) is 33.1 Å². The number of benzene rings is 1. The van der Waals surface area contributed by atoms with Gasteiger partial charge >= 0.3 is 5.69 Å². The van der Waals surface area contributed by atoms with Crippen LogP contribution in [0.3, 0.4) is 0 Å². The van der Waals surface area contributed by atoms with E-state index >= 15 is 0 Å². The van der Waals surface area contributed by atoms with Gasteiger partial charge < -0.3 is 0 Å². The van der Waals surface area contributed by atoms with Crippen molar-refractivity contribution in [1.29, 1.82) is 0 Å². The zero-order chi connectivity index (χ0) is 16.8. The van der Waals surface area contributed by atoms with E-state index in [1.165, 1.54) is 4.57 Å². The smallest absolute Gasteiger partial charge is 0.278 e. The van der Waals surface area contributed by atoms with Crippen LogP contribution in [0.1, 0.15) is 13.8 Å². The standard InChI is InChI=1S/C19H17N3O2/c1-3-21-17-16(18(23)22(4-2)19(21)24)15-13-10-6-5-8-12(13)9-7-11-14(15)20-17/h5-11H,3-4H2,1-2H3. The number of aromatic nitrogens is 3. The topological polar surface area (TPSA) is 56.9 Å². The van der Waals surface area contributed by atoms with Crippen LogP contribution in [0.4, 0.5) is 0 Å². The van der Waals surface area contributed by atoms with E-state index in [9.17, 15) is 9.59 Å². The Balaban J connectivity index is 2.38. The van der Waals surface area contributed by atoms with Gasteiger partial charge in [0.2, 0.25) is 0 Å². The van der Waals surface area contributed by atoms with E-state index < -0.39 is 0 Å². The fourth-order valence-corrected chi connectivity index (χ4v) is 3.39. The molecule has 24 heavy (non-hydrogen) atoms. The normalized spacial score (nSPS) is 11.6. The summed E-state index contributed by atoms with van der Waals surface area (Å²) in [7, 11) is 0. The van der Waals surface area contributed by atoms with Gasteiger partial charge in [0.1, 0.15) is 0 Å². The van der Waals surface area contributed by atoms with E-state index in [-0.39, 0.29) is 11.2 Å². The maximum atomic E-state index is 13.0. The van der Waals surface area contributed by atoms with Crippen LogP contribution in [-0.2, 0) is 13.1 Å². The van der Waals surface area contributed by atoms with E-state index in [1.54, 1.807) is 4.57 Å². The van der Waals surface area contributed by atoms with Crippen molar-refractivity contribution >= 4 is 21.8 Å². The molecule has 0 bridgehead atoms. The number of nitrogens with zero attached hydrogens (tertiary/aromatic N) is 3. The molecular weight excluding hydrogens is 302 g/mol. The van der Waals surface area contributed by atoms with Gasteiger partial charge in [0.25, 0.3) is 5.56 Å². The molecule has 2 heterocycles. The lowest BCUT2D eigenvalue weighted by atomic mass is 10.1. The second kappa shape index (κ2) is 5.30. The molecule has 1 aliphatic carbocycles. The third-order valence-electron chi connectivity index (χ3n) is 4.53. The molecule has 2 aromatic rings. The van der Waals surface area contributed by atoms with Crippen molar-refractivity contribution in [2.45, 2.75) is 26.9 Å². The second-order valence-electron chi connectivity index (χ2n) is 5.76. The Morgan fingerprint density at radius 2 is 1.62 bits per heavy atom. The summed E-state index contributed by atoms with van der Waals surface area (Å²) in [5.74, 6) is 0. The number of hydrogen-bond acceptors (Lipinski definition) is 3. The SMILES string of the molecule is CCn1c(=O)c2c3c4ccccc4cccc-3nc2n(CC)c1=O. The van der Waals surface area contributed by atoms with Gasteiger partial charge in [0.05, 0.1) is 11.1 Å². The van der Waals surface area contributed by atoms with Gasteiger partial charge in [-0.05, 0) is 30.7 Å². The Morgan fingerprint density at radius 1 is 0.917 bits per heavy atom. The molecule has 5 nitrogen and oxygen atoms in total. The molecule has 4 rings (SSSR count). The van der Waals surface area contributed by atoms with Crippen molar-refractivity contribution in [3.63, 3.8) is 0 Å². The van der Waals surface area contributed by atoms with Crippen molar-refractivity contribution in [2.75, 3.05) is 0 Å². The average molecular weight is 319 g/mol. The first kappa shape index (κ1) is 14.6. The first-order chi connectivity index (χ1) is 11.7. The maximum absolute atomic E-state index is 13.0. The molecule has 1 aliphatic heterocycles. The lowest BCUT2D eigenvalue weighted by molar-refractivity contribution is 0.607. The summed E-state index contributed by atoms with van der Waals surface area (Å²) < 4.78 is 2.86. The number of hydrogen-bond donors (Lipinski definition) is 0. The molecule has 5 heteroatoms. The molecule has 0 saturated carbocycles. The molecule has 0 fully saturated rings. The number of fused-ring (bicyclic) bond motifs is 5.